The van der Waals surface area contributed by atoms with Crippen molar-refractivity contribution in [2.45, 2.75) is 19.4 Å². The zero-order valence-electron chi connectivity index (χ0n) is 9.77. The van der Waals surface area contributed by atoms with E-state index < -0.39 is 0 Å². The maximum atomic E-state index is 12.2. The molecule has 1 aliphatic heterocycles. The van der Waals surface area contributed by atoms with E-state index in [0.29, 0.717) is 23.0 Å². The topological polar surface area (TPSA) is 59.2 Å². The Hall–Kier alpha value is -1.13. The number of hydrogen-bond donors (Lipinski definition) is 1. The van der Waals surface area contributed by atoms with Crippen molar-refractivity contribution in [2.75, 3.05) is 13.1 Å². The summed E-state index contributed by atoms with van der Waals surface area (Å²) in [5.74, 6) is 0.409. The van der Waals surface area contributed by atoms with Crippen LogP contribution in [0.5, 0.6) is 0 Å². The van der Waals surface area contributed by atoms with Gasteiger partial charge >= 0.3 is 0 Å². The van der Waals surface area contributed by atoms with Gasteiger partial charge in [0.15, 0.2) is 0 Å². The van der Waals surface area contributed by atoms with E-state index in [1.165, 1.54) is 6.20 Å². The van der Waals surface area contributed by atoms with Gasteiger partial charge in [0.05, 0.1) is 10.6 Å². The minimum absolute atomic E-state index is 0.0494. The van der Waals surface area contributed by atoms with Crippen LogP contribution in [0.1, 0.15) is 23.7 Å². The van der Waals surface area contributed by atoms with Gasteiger partial charge in [-0.1, -0.05) is 18.5 Å². The minimum Gasteiger partial charge on any atom is -0.337 e. The third-order valence-corrected chi connectivity index (χ3v) is 3.61. The first kappa shape index (κ1) is 12.3. The second-order valence-electron chi connectivity index (χ2n) is 4.54. The van der Waals surface area contributed by atoms with Crippen molar-refractivity contribution < 1.29 is 4.79 Å². The lowest BCUT2D eigenvalue weighted by molar-refractivity contribution is 0.0672. The second-order valence-corrected chi connectivity index (χ2v) is 4.94. The lowest BCUT2D eigenvalue weighted by Crippen LogP contribution is -2.49. The fourth-order valence-electron chi connectivity index (χ4n) is 2.00. The molecule has 0 saturated carbocycles. The van der Waals surface area contributed by atoms with Crippen molar-refractivity contribution in [3.63, 3.8) is 0 Å². The van der Waals surface area contributed by atoms with Gasteiger partial charge in [0.25, 0.3) is 5.91 Å². The number of amides is 1. The Morgan fingerprint density at radius 1 is 1.65 bits per heavy atom. The van der Waals surface area contributed by atoms with Crippen LogP contribution >= 0.6 is 11.6 Å². The van der Waals surface area contributed by atoms with Gasteiger partial charge in [0, 0.05) is 31.5 Å². The quantitative estimate of drug-likeness (QED) is 0.826. The van der Waals surface area contributed by atoms with Crippen LogP contribution in [0.3, 0.4) is 0 Å². The normalized spacial score (nSPS) is 24.8. The molecule has 1 fully saturated rings. The molecule has 1 amide bonds. The zero-order chi connectivity index (χ0) is 12.4. The van der Waals surface area contributed by atoms with Crippen molar-refractivity contribution >= 4 is 17.5 Å². The molecule has 1 aliphatic rings. The molecular formula is C12H16ClN3O. The number of hydrogen-bond acceptors (Lipinski definition) is 3. The van der Waals surface area contributed by atoms with Gasteiger partial charge in [0.1, 0.15) is 0 Å². The number of halogens is 1. The van der Waals surface area contributed by atoms with Crippen LogP contribution in [-0.2, 0) is 0 Å². The number of nitrogens with two attached hydrogens (primary N) is 1. The van der Waals surface area contributed by atoms with E-state index >= 15 is 0 Å². The summed E-state index contributed by atoms with van der Waals surface area (Å²) in [6.07, 6.45) is 4.00. The number of aromatic nitrogens is 1. The summed E-state index contributed by atoms with van der Waals surface area (Å²) >= 11 is 5.96. The average molecular weight is 254 g/mol. The molecule has 4 nitrogen and oxygen atoms in total. The molecule has 2 heterocycles. The summed E-state index contributed by atoms with van der Waals surface area (Å²) in [6.45, 7) is 3.46. The molecule has 0 radical (unpaired) electrons. The fourth-order valence-corrected chi connectivity index (χ4v) is 2.20. The Morgan fingerprint density at radius 2 is 2.41 bits per heavy atom. The number of carbonyl (C=O) groups is 1. The Morgan fingerprint density at radius 3 is 3.06 bits per heavy atom. The molecule has 92 valence electrons. The molecule has 0 bridgehead atoms. The number of piperidine rings is 1. The SMILES string of the molecule is CC1CCN(C(=O)c2ccncc2Cl)CC1N. The van der Waals surface area contributed by atoms with Gasteiger partial charge in [-0.3, -0.25) is 9.78 Å². The predicted molar refractivity (Wildman–Crippen MR) is 66.9 cm³/mol. The fraction of sp³-hybridized carbons (Fsp3) is 0.500. The zero-order valence-corrected chi connectivity index (χ0v) is 10.5. The van der Waals surface area contributed by atoms with E-state index in [-0.39, 0.29) is 11.9 Å². The minimum atomic E-state index is -0.0558. The molecule has 2 rings (SSSR count). The summed E-state index contributed by atoms with van der Waals surface area (Å²) < 4.78 is 0. The first-order valence-corrected chi connectivity index (χ1v) is 6.11. The Labute approximate surface area is 106 Å². The van der Waals surface area contributed by atoms with E-state index in [0.717, 1.165) is 13.0 Å². The lowest BCUT2D eigenvalue weighted by atomic mass is 9.94. The Kier molecular flexibility index (Phi) is 3.64. The summed E-state index contributed by atoms with van der Waals surface area (Å²) in [5, 5.41) is 0.393. The maximum Gasteiger partial charge on any atom is 0.255 e. The summed E-state index contributed by atoms with van der Waals surface area (Å²) in [6, 6.07) is 1.70. The molecule has 1 aromatic rings. The van der Waals surface area contributed by atoms with Crippen molar-refractivity contribution in [2.24, 2.45) is 11.7 Å². The number of likely N-dealkylation sites (tertiary alicyclic amines) is 1. The molecule has 2 N–H and O–H groups in total. The molecule has 5 heteroatoms. The number of rotatable bonds is 1. The second kappa shape index (κ2) is 5.02. The number of pyridine rings is 1. The molecule has 0 aliphatic carbocycles. The van der Waals surface area contributed by atoms with Crippen molar-refractivity contribution in [3.05, 3.63) is 29.0 Å². The van der Waals surface area contributed by atoms with Crippen LogP contribution in [0.4, 0.5) is 0 Å². The van der Waals surface area contributed by atoms with E-state index in [1.54, 1.807) is 17.2 Å². The molecule has 2 unspecified atom stereocenters. The van der Waals surface area contributed by atoms with Crippen molar-refractivity contribution in [1.82, 2.24) is 9.88 Å². The van der Waals surface area contributed by atoms with Gasteiger partial charge in [-0.2, -0.15) is 0 Å². The van der Waals surface area contributed by atoms with Crippen LogP contribution in [0.15, 0.2) is 18.5 Å². The van der Waals surface area contributed by atoms with Crippen molar-refractivity contribution in [1.29, 1.82) is 0 Å². The highest BCUT2D eigenvalue weighted by molar-refractivity contribution is 6.33. The van der Waals surface area contributed by atoms with Gasteiger partial charge in [-0.25, -0.2) is 0 Å². The van der Waals surface area contributed by atoms with E-state index in [4.69, 9.17) is 17.3 Å². The largest absolute Gasteiger partial charge is 0.337 e. The predicted octanol–water partition coefficient (Wildman–Crippen LogP) is 1.54. The Balaban J connectivity index is 2.14. The maximum absolute atomic E-state index is 12.2. The molecule has 0 spiro atoms. The van der Waals surface area contributed by atoms with Crippen LogP contribution in [0.25, 0.3) is 0 Å². The highest BCUT2D eigenvalue weighted by Gasteiger charge is 2.27. The summed E-state index contributed by atoms with van der Waals surface area (Å²) in [7, 11) is 0. The highest BCUT2D eigenvalue weighted by Crippen LogP contribution is 2.20. The van der Waals surface area contributed by atoms with E-state index in [2.05, 4.69) is 11.9 Å². The standard InChI is InChI=1S/C12H16ClN3O/c1-8-3-5-16(7-11(8)14)12(17)9-2-4-15-6-10(9)13/h2,4,6,8,11H,3,5,7,14H2,1H3. The van der Waals surface area contributed by atoms with Crippen LogP contribution in [0.2, 0.25) is 5.02 Å². The van der Waals surface area contributed by atoms with E-state index in [1.807, 2.05) is 0 Å². The highest BCUT2D eigenvalue weighted by atomic mass is 35.5. The molecule has 2 atom stereocenters. The van der Waals surface area contributed by atoms with Gasteiger partial charge in [-0.15, -0.1) is 0 Å². The van der Waals surface area contributed by atoms with Crippen LogP contribution in [-0.4, -0.2) is 34.9 Å². The smallest absolute Gasteiger partial charge is 0.255 e. The third kappa shape index (κ3) is 2.58. The number of carbonyl (C=O) groups excluding carboxylic acids is 1. The third-order valence-electron chi connectivity index (χ3n) is 3.31. The molecular weight excluding hydrogens is 238 g/mol. The van der Waals surface area contributed by atoms with Gasteiger partial charge in [0.2, 0.25) is 0 Å². The van der Waals surface area contributed by atoms with E-state index in [9.17, 15) is 4.79 Å². The molecule has 1 saturated heterocycles. The van der Waals surface area contributed by atoms with Crippen LogP contribution in [0, 0.1) is 5.92 Å². The molecule has 17 heavy (non-hydrogen) atoms. The van der Waals surface area contributed by atoms with Gasteiger partial charge in [-0.05, 0) is 18.4 Å². The van der Waals surface area contributed by atoms with Gasteiger partial charge < -0.3 is 10.6 Å². The van der Waals surface area contributed by atoms with Crippen molar-refractivity contribution in [3.8, 4) is 0 Å². The monoisotopic (exact) mass is 253 g/mol. The number of nitrogens with zero attached hydrogens (tertiary/aromatic N) is 2. The summed E-state index contributed by atoms with van der Waals surface area (Å²) in [4.78, 5) is 17.9. The molecule has 0 aromatic carbocycles. The molecule has 1 aromatic heterocycles. The van der Waals surface area contributed by atoms with Crippen LogP contribution < -0.4 is 5.73 Å². The first-order chi connectivity index (χ1) is 8.09. The Bertz CT molecular complexity index is 424. The summed E-state index contributed by atoms with van der Waals surface area (Å²) in [5.41, 5.74) is 6.49. The average Bonchev–Trinajstić information content (AvgIpc) is 2.32. The lowest BCUT2D eigenvalue weighted by Gasteiger charge is -2.35. The first-order valence-electron chi connectivity index (χ1n) is 5.74.